The minimum Gasteiger partial charge on any atom is -0.373 e. The van der Waals surface area contributed by atoms with E-state index in [1.54, 1.807) is 19.2 Å². The smallest absolute Gasteiger partial charge is 0.248 e. The van der Waals surface area contributed by atoms with E-state index in [2.05, 4.69) is 22.8 Å². The van der Waals surface area contributed by atoms with Crippen LogP contribution in [0, 0.1) is 29.6 Å². The van der Waals surface area contributed by atoms with Crippen molar-refractivity contribution in [3.05, 3.63) is 70.8 Å². The van der Waals surface area contributed by atoms with Gasteiger partial charge in [0.25, 0.3) is 0 Å². The van der Waals surface area contributed by atoms with E-state index in [0.717, 1.165) is 62.9 Å². The zero-order valence-corrected chi connectivity index (χ0v) is 30.1. The monoisotopic (exact) mass is 694 g/mol. The molecule has 2 heterocycles. The number of ether oxygens (including phenoxy) is 2. The van der Waals surface area contributed by atoms with Gasteiger partial charge in [0.05, 0.1) is 12.4 Å². The average molecular weight is 695 g/mol. The number of primary amides is 2. The Labute approximate surface area is 291 Å². The summed E-state index contributed by atoms with van der Waals surface area (Å²) in [5.74, 6) is 0.153. The van der Waals surface area contributed by atoms with Crippen molar-refractivity contribution in [1.29, 1.82) is 0 Å². The van der Waals surface area contributed by atoms with Gasteiger partial charge in [0.15, 0.2) is 0 Å². The average Bonchev–Trinajstić information content (AvgIpc) is 3.05. The van der Waals surface area contributed by atoms with Crippen LogP contribution in [0.1, 0.15) is 77.3 Å². The number of amides is 2. The van der Waals surface area contributed by atoms with Gasteiger partial charge in [0, 0.05) is 80.9 Å². The number of nitrogens with zero attached hydrogens (tertiary/aromatic N) is 2. The highest BCUT2D eigenvalue weighted by atomic mass is 32.2. The quantitative estimate of drug-likeness (QED) is 0.323. The first-order chi connectivity index (χ1) is 23.4. The standard InChI is InChI=1S/C38H54N4O6S/c1-4-14-41-21-31-12-7-13-32(22-41)38(31,30-11-6-9-28(20-30)36(40)44)48-25-26-17-33-23-42(15-16-49(3,45)46)24-34(18-26)37(33,47-2)29-10-5-8-27(19-29)35(39)43/h5-6,8-11,19-20,26,31-34H,4,7,12-18,21-25H2,1-3H3,(H2,39,43)(H2,40,44). The maximum Gasteiger partial charge on any atom is 0.248 e. The van der Waals surface area contributed by atoms with Crippen molar-refractivity contribution in [1.82, 2.24) is 9.80 Å². The first-order valence-electron chi connectivity index (χ1n) is 18.0. The zero-order valence-electron chi connectivity index (χ0n) is 29.3. The fraction of sp³-hybridized carbons (Fsp3) is 0.632. The second-order valence-corrected chi connectivity index (χ2v) is 17.5. The van der Waals surface area contributed by atoms with Gasteiger partial charge in [0.1, 0.15) is 21.0 Å². The lowest BCUT2D eigenvalue weighted by molar-refractivity contribution is -0.214. The zero-order chi connectivity index (χ0) is 35.0. The van der Waals surface area contributed by atoms with Gasteiger partial charge in [-0.25, -0.2) is 8.42 Å². The van der Waals surface area contributed by atoms with E-state index in [0.29, 0.717) is 49.2 Å². The Hall–Kier alpha value is -2.83. The molecule has 2 aliphatic heterocycles. The summed E-state index contributed by atoms with van der Waals surface area (Å²) >= 11 is 0. The summed E-state index contributed by atoms with van der Waals surface area (Å²) in [6, 6.07) is 15.3. The number of methoxy groups -OCH3 is 1. The van der Waals surface area contributed by atoms with Crippen LogP contribution in [-0.4, -0.2) is 95.0 Å². The van der Waals surface area contributed by atoms with Crippen molar-refractivity contribution in [3.8, 4) is 0 Å². The van der Waals surface area contributed by atoms with E-state index in [4.69, 9.17) is 20.9 Å². The molecule has 4 N–H and O–H groups in total. The minimum absolute atomic E-state index is 0.0429. The lowest BCUT2D eigenvalue weighted by atomic mass is 9.59. The van der Waals surface area contributed by atoms with E-state index in [1.165, 1.54) is 12.7 Å². The summed E-state index contributed by atoms with van der Waals surface area (Å²) in [6.07, 6.45) is 7.38. The van der Waals surface area contributed by atoms with E-state index >= 15 is 0 Å². The third-order valence-electron chi connectivity index (χ3n) is 12.1. The lowest BCUT2D eigenvalue weighted by Gasteiger charge is -2.58. The molecule has 2 aliphatic carbocycles. The van der Waals surface area contributed by atoms with Crippen LogP contribution in [0.2, 0.25) is 0 Å². The Morgan fingerprint density at radius 3 is 1.82 bits per heavy atom. The molecule has 4 fully saturated rings. The number of nitrogens with two attached hydrogens (primary N) is 2. The first kappa shape index (κ1) is 36.0. The highest BCUT2D eigenvalue weighted by Gasteiger charge is 2.57. The molecule has 0 radical (unpaired) electrons. The van der Waals surface area contributed by atoms with Crippen LogP contribution < -0.4 is 11.5 Å². The molecule has 0 spiro atoms. The van der Waals surface area contributed by atoms with Crippen LogP contribution >= 0.6 is 0 Å². The molecule has 4 unspecified atom stereocenters. The third kappa shape index (κ3) is 7.06. The fourth-order valence-corrected chi connectivity index (χ4v) is 10.7. The Bertz CT molecular complexity index is 1600. The number of likely N-dealkylation sites (tertiary alicyclic amines) is 2. The molecule has 2 amide bonds. The van der Waals surface area contributed by atoms with Crippen molar-refractivity contribution in [2.45, 2.75) is 56.7 Å². The maximum absolute atomic E-state index is 12.3. The highest BCUT2D eigenvalue weighted by Crippen LogP contribution is 2.56. The molecule has 4 atom stereocenters. The Morgan fingerprint density at radius 1 is 0.816 bits per heavy atom. The molecule has 2 aromatic rings. The number of hydrogen-bond acceptors (Lipinski definition) is 8. The van der Waals surface area contributed by atoms with Crippen molar-refractivity contribution >= 4 is 21.7 Å². The largest absolute Gasteiger partial charge is 0.373 e. The van der Waals surface area contributed by atoms with Gasteiger partial charge in [-0.3, -0.25) is 9.59 Å². The van der Waals surface area contributed by atoms with Crippen LogP contribution in [0.5, 0.6) is 0 Å². The van der Waals surface area contributed by atoms with Gasteiger partial charge >= 0.3 is 0 Å². The third-order valence-corrected chi connectivity index (χ3v) is 13.0. The molecule has 2 saturated carbocycles. The van der Waals surface area contributed by atoms with E-state index in [-0.39, 0.29) is 23.5 Å². The number of sulfone groups is 1. The van der Waals surface area contributed by atoms with Gasteiger partial charge < -0.3 is 30.7 Å². The molecule has 49 heavy (non-hydrogen) atoms. The van der Waals surface area contributed by atoms with E-state index in [1.807, 2.05) is 30.3 Å². The Kier molecular flexibility index (Phi) is 10.6. The molecule has 2 saturated heterocycles. The molecule has 6 rings (SSSR count). The second kappa shape index (κ2) is 14.4. The van der Waals surface area contributed by atoms with Gasteiger partial charge in [-0.15, -0.1) is 0 Å². The normalized spacial score (nSPS) is 32.1. The molecule has 11 heteroatoms. The van der Waals surface area contributed by atoms with Crippen LogP contribution in [0.25, 0.3) is 0 Å². The number of carbonyl (C=O) groups is 2. The van der Waals surface area contributed by atoms with Crippen LogP contribution in [0.15, 0.2) is 48.5 Å². The SMILES string of the molecule is CCCN1CC2CCCC(C1)C2(OCC1CC2CN(CCS(C)(=O)=O)CC(C1)C2(OC)c1cccc(C(N)=O)c1)c1cccc(C(N)=O)c1. The van der Waals surface area contributed by atoms with Crippen LogP contribution in [0.3, 0.4) is 0 Å². The maximum atomic E-state index is 12.3. The van der Waals surface area contributed by atoms with Gasteiger partial charge in [0.2, 0.25) is 11.8 Å². The van der Waals surface area contributed by atoms with Crippen molar-refractivity contribution in [2.75, 3.05) is 65.0 Å². The lowest BCUT2D eigenvalue weighted by Crippen LogP contribution is -2.62. The predicted octanol–water partition coefficient (Wildman–Crippen LogP) is 3.78. The summed E-state index contributed by atoms with van der Waals surface area (Å²) in [7, 11) is -1.36. The summed E-state index contributed by atoms with van der Waals surface area (Å²) in [4.78, 5) is 29.4. The molecule has 10 nitrogen and oxygen atoms in total. The van der Waals surface area contributed by atoms with E-state index in [9.17, 15) is 18.0 Å². The summed E-state index contributed by atoms with van der Waals surface area (Å²) in [6.45, 7) is 7.67. The van der Waals surface area contributed by atoms with Crippen LogP contribution in [-0.2, 0) is 30.5 Å². The Morgan fingerprint density at radius 2 is 1.33 bits per heavy atom. The van der Waals surface area contributed by atoms with E-state index < -0.39 is 32.9 Å². The molecular formula is C38H54N4O6S. The molecule has 268 valence electrons. The van der Waals surface area contributed by atoms with Crippen LogP contribution in [0.4, 0.5) is 0 Å². The van der Waals surface area contributed by atoms with Crippen molar-refractivity contribution in [3.63, 3.8) is 0 Å². The second-order valence-electron chi connectivity index (χ2n) is 15.2. The Balaban J connectivity index is 1.32. The van der Waals surface area contributed by atoms with Crippen molar-refractivity contribution in [2.24, 2.45) is 41.1 Å². The van der Waals surface area contributed by atoms with Gasteiger partial charge in [-0.1, -0.05) is 37.6 Å². The summed E-state index contributed by atoms with van der Waals surface area (Å²) in [5.41, 5.74) is 13.3. The fourth-order valence-electron chi connectivity index (χ4n) is 10.1. The number of benzene rings is 2. The predicted molar refractivity (Wildman–Crippen MR) is 190 cm³/mol. The first-order valence-corrected chi connectivity index (χ1v) is 20.1. The van der Waals surface area contributed by atoms with Gasteiger partial charge in [-0.05, 0) is 80.0 Å². The summed E-state index contributed by atoms with van der Waals surface area (Å²) < 4.78 is 38.2. The molecule has 0 aromatic heterocycles. The topological polar surface area (TPSA) is 145 Å². The number of carbonyl (C=O) groups excluding carboxylic acids is 2. The molecule has 2 aromatic carbocycles. The number of fused-ring (bicyclic) bond motifs is 4. The summed E-state index contributed by atoms with van der Waals surface area (Å²) in [5, 5.41) is 0. The minimum atomic E-state index is -3.11. The van der Waals surface area contributed by atoms with Crippen molar-refractivity contribution < 1.29 is 27.5 Å². The molecule has 4 aliphatic rings. The molecular weight excluding hydrogens is 641 g/mol. The van der Waals surface area contributed by atoms with Gasteiger partial charge in [-0.2, -0.15) is 0 Å². The highest BCUT2D eigenvalue weighted by molar-refractivity contribution is 7.90. The number of hydrogen-bond donors (Lipinski definition) is 2. The number of piperidine rings is 2. The molecule has 4 bridgehead atoms. The number of rotatable bonds is 13.